The van der Waals surface area contributed by atoms with Crippen molar-refractivity contribution in [3.63, 3.8) is 0 Å². The van der Waals surface area contributed by atoms with E-state index in [4.69, 9.17) is 0 Å². The number of rotatable bonds is 2. The summed E-state index contributed by atoms with van der Waals surface area (Å²) in [6.45, 7) is 10.4. The zero-order chi connectivity index (χ0) is 14.1. The Labute approximate surface area is 109 Å². The van der Waals surface area contributed by atoms with Crippen molar-refractivity contribution in [1.29, 1.82) is 0 Å². The number of carbonyl (C=O) groups excluding carboxylic acids is 2. The molecule has 0 aromatic carbocycles. The summed E-state index contributed by atoms with van der Waals surface area (Å²) in [5, 5.41) is 6.34. The van der Waals surface area contributed by atoms with E-state index in [1.807, 2.05) is 40.8 Å². The molecule has 2 heterocycles. The molecule has 1 atom stereocenters. The van der Waals surface area contributed by atoms with E-state index in [2.05, 4.69) is 10.4 Å². The Balaban J connectivity index is 0.000000659. The maximum atomic E-state index is 11.2. The monoisotopic (exact) mass is 253 g/mol. The molecule has 1 fully saturated rings. The minimum absolute atomic E-state index is 0.191. The molecule has 1 saturated heterocycles. The van der Waals surface area contributed by atoms with Crippen LogP contribution in [0.15, 0.2) is 12.4 Å². The predicted molar refractivity (Wildman–Crippen MR) is 70.9 cm³/mol. The van der Waals surface area contributed by atoms with Crippen molar-refractivity contribution in [2.75, 3.05) is 0 Å². The lowest BCUT2D eigenvalue weighted by molar-refractivity contribution is -0.125. The molecule has 1 unspecified atom stereocenters. The molecule has 5 heteroatoms. The number of hydrogen-bond donors (Lipinski definition) is 1. The molecule has 2 amide bonds. The van der Waals surface area contributed by atoms with Gasteiger partial charge < -0.3 is 0 Å². The zero-order valence-electron chi connectivity index (χ0n) is 11.9. The van der Waals surface area contributed by atoms with Gasteiger partial charge in [0.05, 0.1) is 18.7 Å². The highest BCUT2D eigenvalue weighted by Crippen LogP contribution is 2.12. The Hall–Kier alpha value is -1.65. The molecular formula is C13H23N3O2. The van der Waals surface area contributed by atoms with Crippen LogP contribution in [-0.4, -0.2) is 21.6 Å². The summed E-state index contributed by atoms with van der Waals surface area (Å²) in [6.07, 6.45) is 3.86. The van der Waals surface area contributed by atoms with Gasteiger partial charge >= 0.3 is 0 Å². The molecule has 0 aliphatic carbocycles. The van der Waals surface area contributed by atoms with Crippen molar-refractivity contribution in [2.24, 2.45) is 5.92 Å². The summed E-state index contributed by atoms with van der Waals surface area (Å²) in [6, 6.07) is 0. The Morgan fingerprint density at radius 1 is 1.33 bits per heavy atom. The van der Waals surface area contributed by atoms with Gasteiger partial charge in [-0.1, -0.05) is 27.7 Å². The van der Waals surface area contributed by atoms with E-state index in [0.29, 0.717) is 6.54 Å². The van der Waals surface area contributed by atoms with E-state index in [9.17, 15) is 9.59 Å². The third-order valence-electron chi connectivity index (χ3n) is 2.23. The van der Waals surface area contributed by atoms with Gasteiger partial charge in [0.2, 0.25) is 11.8 Å². The van der Waals surface area contributed by atoms with Crippen LogP contribution < -0.4 is 5.32 Å². The fourth-order valence-electron chi connectivity index (χ4n) is 1.55. The first kappa shape index (κ1) is 16.4. The van der Waals surface area contributed by atoms with Crippen molar-refractivity contribution in [2.45, 2.75) is 47.6 Å². The lowest BCUT2D eigenvalue weighted by Gasteiger charge is -2.04. The molecule has 1 aromatic rings. The predicted octanol–water partition coefficient (Wildman–Crippen LogP) is 1.91. The van der Waals surface area contributed by atoms with E-state index >= 15 is 0 Å². The summed E-state index contributed by atoms with van der Waals surface area (Å²) in [5.41, 5.74) is 1.05. The Kier molecular flexibility index (Phi) is 7.67. The second kappa shape index (κ2) is 8.44. The number of nitrogens with zero attached hydrogens (tertiary/aromatic N) is 2. The van der Waals surface area contributed by atoms with Gasteiger partial charge in [-0.25, -0.2) is 0 Å². The molecule has 5 nitrogen and oxygen atoms in total. The molecule has 0 spiro atoms. The van der Waals surface area contributed by atoms with Crippen molar-refractivity contribution >= 4 is 11.8 Å². The summed E-state index contributed by atoms with van der Waals surface area (Å²) in [4.78, 5) is 22.1. The number of aromatic nitrogens is 2. The minimum atomic E-state index is -0.262. The fourth-order valence-corrected chi connectivity index (χ4v) is 1.55. The van der Waals surface area contributed by atoms with Crippen molar-refractivity contribution < 1.29 is 9.59 Å². The molecule has 1 N–H and O–H groups in total. The molecular weight excluding hydrogens is 230 g/mol. The number of carbonyl (C=O) groups is 2. The molecule has 102 valence electrons. The lowest BCUT2D eigenvalue weighted by atomic mass is 10.1. The normalized spacial score (nSPS) is 17.3. The molecule has 1 aromatic heterocycles. The smallest absolute Gasteiger partial charge is 0.232 e. The van der Waals surface area contributed by atoms with Crippen LogP contribution >= 0.6 is 0 Å². The second-order valence-electron chi connectivity index (χ2n) is 3.55. The number of hydrogen-bond acceptors (Lipinski definition) is 3. The first-order valence-corrected chi connectivity index (χ1v) is 6.48. The van der Waals surface area contributed by atoms with E-state index in [-0.39, 0.29) is 24.2 Å². The molecule has 2 rings (SSSR count). The van der Waals surface area contributed by atoms with Crippen LogP contribution in [-0.2, 0) is 16.1 Å². The summed E-state index contributed by atoms with van der Waals surface area (Å²) in [7, 11) is 0. The Bertz CT molecular complexity index is 385. The first-order valence-electron chi connectivity index (χ1n) is 6.48. The van der Waals surface area contributed by atoms with Crippen LogP contribution in [0.2, 0.25) is 0 Å². The number of amides is 2. The van der Waals surface area contributed by atoms with Crippen molar-refractivity contribution in [3.05, 3.63) is 18.0 Å². The summed E-state index contributed by atoms with van der Waals surface area (Å²) < 4.78 is 1.69. The highest BCUT2D eigenvalue weighted by molar-refractivity contribution is 6.03. The standard InChI is InChI=1S/C9H11N3O2.2C2H6/c1-6-3-10-12(4-6)5-7-2-8(13)11-9(7)14;2*1-2/h3-4,7H,2,5H2,1H3,(H,11,13,14);2*1-2H3. The van der Waals surface area contributed by atoms with Crippen LogP contribution in [0.25, 0.3) is 0 Å². The third kappa shape index (κ3) is 4.69. The number of imide groups is 1. The zero-order valence-corrected chi connectivity index (χ0v) is 11.9. The topological polar surface area (TPSA) is 64.0 Å². The van der Waals surface area contributed by atoms with Gasteiger partial charge in [0.15, 0.2) is 0 Å². The minimum Gasteiger partial charge on any atom is -0.296 e. The molecule has 0 radical (unpaired) electrons. The van der Waals surface area contributed by atoms with Gasteiger partial charge in [-0.05, 0) is 12.5 Å². The highest BCUT2D eigenvalue weighted by Gasteiger charge is 2.30. The third-order valence-corrected chi connectivity index (χ3v) is 2.23. The number of aryl methyl sites for hydroxylation is 1. The van der Waals surface area contributed by atoms with Gasteiger partial charge in [-0.15, -0.1) is 0 Å². The molecule has 18 heavy (non-hydrogen) atoms. The molecule has 0 saturated carbocycles. The molecule has 0 bridgehead atoms. The molecule has 1 aliphatic rings. The Morgan fingerprint density at radius 3 is 2.33 bits per heavy atom. The van der Waals surface area contributed by atoms with Gasteiger partial charge in [-0.2, -0.15) is 5.10 Å². The average Bonchev–Trinajstić information content (AvgIpc) is 2.92. The molecule has 1 aliphatic heterocycles. The van der Waals surface area contributed by atoms with Crippen LogP contribution in [0.4, 0.5) is 0 Å². The summed E-state index contributed by atoms with van der Waals surface area (Å²) in [5.74, 6) is -0.645. The maximum absolute atomic E-state index is 11.2. The van der Waals surface area contributed by atoms with Gasteiger partial charge in [0.1, 0.15) is 0 Å². The van der Waals surface area contributed by atoms with Crippen molar-refractivity contribution in [3.8, 4) is 0 Å². The highest BCUT2D eigenvalue weighted by atomic mass is 16.2. The second-order valence-corrected chi connectivity index (χ2v) is 3.55. The van der Waals surface area contributed by atoms with Gasteiger partial charge in [-0.3, -0.25) is 19.6 Å². The van der Waals surface area contributed by atoms with Crippen LogP contribution in [0, 0.1) is 12.8 Å². The SMILES string of the molecule is CC.CC.Cc1cnn(CC2CC(=O)NC2=O)c1. The average molecular weight is 253 g/mol. The number of nitrogens with one attached hydrogen (secondary N) is 1. The first-order chi connectivity index (χ1) is 8.65. The largest absolute Gasteiger partial charge is 0.296 e. The fraction of sp³-hybridized carbons (Fsp3) is 0.615. The van der Waals surface area contributed by atoms with Crippen LogP contribution in [0.1, 0.15) is 39.7 Å². The summed E-state index contributed by atoms with van der Waals surface area (Å²) >= 11 is 0. The van der Waals surface area contributed by atoms with E-state index < -0.39 is 0 Å². The maximum Gasteiger partial charge on any atom is 0.232 e. The van der Waals surface area contributed by atoms with Gasteiger partial charge in [0, 0.05) is 12.6 Å². The lowest BCUT2D eigenvalue weighted by Crippen LogP contribution is -2.24. The quantitative estimate of drug-likeness (QED) is 0.819. The van der Waals surface area contributed by atoms with Crippen LogP contribution in [0.3, 0.4) is 0 Å². The van der Waals surface area contributed by atoms with Crippen molar-refractivity contribution in [1.82, 2.24) is 15.1 Å². The van der Waals surface area contributed by atoms with Gasteiger partial charge in [0.25, 0.3) is 0 Å². The van der Waals surface area contributed by atoms with E-state index in [0.717, 1.165) is 5.56 Å². The van der Waals surface area contributed by atoms with Crippen LogP contribution in [0.5, 0.6) is 0 Å². The van der Waals surface area contributed by atoms with E-state index in [1.54, 1.807) is 10.9 Å². The Morgan fingerprint density at radius 2 is 1.94 bits per heavy atom. The van der Waals surface area contributed by atoms with E-state index in [1.165, 1.54) is 0 Å².